The van der Waals surface area contributed by atoms with Gasteiger partial charge in [-0.1, -0.05) is 0 Å². The van der Waals surface area contributed by atoms with Crippen molar-refractivity contribution in [1.29, 1.82) is 5.26 Å². The molecule has 1 amide bonds. The van der Waals surface area contributed by atoms with E-state index in [0.717, 1.165) is 0 Å². The molecule has 0 radical (unpaired) electrons. The molecule has 0 saturated heterocycles. The summed E-state index contributed by atoms with van der Waals surface area (Å²) in [6, 6.07) is 1.52. The Labute approximate surface area is 66.8 Å². The molecule has 0 saturated carbocycles. The molecule has 4 heteroatoms. The summed E-state index contributed by atoms with van der Waals surface area (Å²) in [5, 5.41) is 10.9. The molecule has 0 aromatic rings. The van der Waals surface area contributed by atoms with Gasteiger partial charge in [0.15, 0.2) is 0 Å². The first-order valence-corrected chi connectivity index (χ1v) is 3.40. The molecule has 0 fully saturated rings. The van der Waals surface area contributed by atoms with Crippen LogP contribution in [0.25, 0.3) is 0 Å². The smallest absolute Gasteiger partial charge is 0.235 e. The number of nitrogens with zero attached hydrogens (tertiary/aromatic N) is 2. The molecule has 0 heterocycles. The Morgan fingerprint density at radius 3 is 2.64 bits per heavy atom. The van der Waals surface area contributed by atoms with Gasteiger partial charge in [-0.05, 0) is 21.0 Å². The molecule has 0 spiro atoms. The number of nitriles is 1. The highest BCUT2D eigenvalue weighted by Crippen LogP contribution is 1.79. The Morgan fingerprint density at radius 1 is 1.73 bits per heavy atom. The van der Waals surface area contributed by atoms with E-state index in [4.69, 9.17) is 5.26 Å². The van der Waals surface area contributed by atoms with Gasteiger partial charge in [-0.2, -0.15) is 5.26 Å². The fraction of sp³-hybridized carbons (Fsp3) is 0.714. The first-order valence-electron chi connectivity index (χ1n) is 3.40. The molecule has 0 aliphatic heterocycles. The lowest BCUT2D eigenvalue weighted by Gasteiger charge is -2.10. The van der Waals surface area contributed by atoms with Crippen molar-refractivity contribution in [2.24, 2.45) is 0 Å². The molecular formula is C7H13N3O. The summed E-state index contributed by atoms with van der Waals surface area (Å²) in [6.45, 7) is 1.97. The largest absolute Gasteiger partial charge is 0.340 e. The van der Waals surface area contributed by atoms with Crippen LogP contribution in [0.2, 0.25) is 0 Å². The zero-order valence-corrected chi connectivity index (χ0v) is 7.09. The number of carbonyl (C=O) groups excluding carboxylic acids is 1. The van der Waals surface area contributed by atoms with E-state index in [1.807, 2.05) is 6.07 Å². The molecule has 0 aliphatic carbocycles. The van der Waals surface area contributed by atoms with Crippen molar-refractivity contribution in [3.63, 3.8) is 0 Å². The molecule has 1 unspecified atom stereocenters. The maximum Gasteiger partial charge on any atom is 0.235 e. The zero-order chi connectivity index (χ0) is 8.85. The predicted octanol–water partition coefficient (Wildman–Crippen LogP) is -0.424. The molecule has 1 atom stereocenters. The van der Waals surface area contributed by atoms with E-state index >= 15 is 0 Å². The van der Waals surface area contributed by atoms with Gasteiger partial charge in [-0.25, -0.2) is 0 Å². The molecule has 0 bridgehead atoms. The minimum atomic E-state index is -0.401. The zero-order valence-electron chi connectivity index (χ0n) is 7.09. The van der Waals surface area contributed by atoms with Crippen molar-refractivity contribution in [3.05, 3.63) is 0 Å². The Balaban J connectivity index is 3.63. The van der Waals surface area contributed by atoms with E-state index in [0.29, 0.717) is 6.54 Å². The quantitative estimate of drug-likeness (QED) is 0.602. The number of carbonyl (C=O) groups is 1. The van der Waals surface area contributed by atoms with Crippen LogP contribution in [-0.4, -0.2) is 37.5 Å². The number of amides is 1. The van der Waals surface area contributed by atoms with Gasteiger partial charge in [-0.15, -0.1) is 0 Å². The third-order valence-electron chi connectivity index (χ3n) is 1.03. The van der Waals surface area contributed by atoms with E-state index in [9.17, 15) is 4.79 Å². The van der Waals surface area contributed by atoms with Crippen molar-refractivity contribution in [1.82, 2.24) is 10.2 Å². The van der Waals surface area contributed by atoms with Crippen LogP contribution in [-0.2, 0) is 4.79 Å². The second-order valence-electron chi connectivity index (χ2n) is 2.66. The average Bonchev–Trinajstić information content (AvgIpc) is 1.85. The molecule has 62 valence electrons. The van der Waals surface area contributed by atoms with Crippen molar-refractivity contribution in [2.45, 2.75) is 13.0 Å². The number of hydrogen-bond acceptors (Lipinski definition) is 3. The first kappa shape index (κ1) is 9.92. The van der Waals surface area contributed by atoms with Gasteiger partial charge in [0, 0.05) is 0 Å². The van der Waals surface area contributed by atoms with Crippen LogP contribution in [0.1, 0.15) is 6.92 Å². The van der Waals surface area contributed by atoms with E-state index in [1.54, 1.807) is 25.9 Å². The van der Waals surface area contributed by atoms with Crippen molar-refractivity contribution in [3.8, 4) is 6.07 Å². The third-order valence-corrected chi connectivity index (χ3v) is 1.03. The van der Waals surface area contributed by atoms with E-state index in [1.165, 1.54) is 0 Å². The lowest BCUT2D eigenvalue weighted by Crippen LogP contribution is -2.37. The maximum atomic E-state index is 10.9. The predicted molar refractivity (Wildman–Crippen MR) is 41.8 cm³/mol. The second kappa shape index (κ2) is 4.69. The van der Waals surface area contributed by atoms with Gasteiger partial charge in [0.2, 0.25) is 5.91 Å². The average molecular weight is 155 g/mol. The summed E-state index contributed by atoms with van der Waals surface area (Å²) in [5.41, 5.74) is 0. The fourth-order valence-corrected chi connectivity index (χ4v) is 0.607. The number of hydrogen-bond donors (Lipinski definition) is 1. The van der Waals surface area contributed by atoms with E-state index < -0.39 is 6.04 Å². The van der Waals surface area contributed by atoms with Gasteiger partial charge < -0.3 is 10.2 Å². The van der Waals surface area contributed by atoms with Gasteiger partial charge >= 0.3 is 0 Å². The van der Waals surface area contributed by atoms with Crippen LogP contribution in [0, 0.1) is 11.3 Å². The summed E-state index contributed by atoms with van der Waals surface area (Å²) in [7, 11) is 3.60. The summed E-state index contributed by atoms with van der Waals surface area (Å²) in [5.74, 6) is -0.121. The molecule has 0 aromatic carbocycles. The summed E-state index contributed by atoms with van der Waals surface area (Å²) in [6.07, 6.45) is 0. The van der Waals surface area contributed by atoms with E-state index in [-0.39, 0.29) is 5.91 Å². The highest BCUT2D eigenvalue weighted by atomic mass is 16.2. The van der Waals surface area contributed by atoms with Crippen LogP contribution in [0.5, 0.6) is 0 Å². The van der Waals surface area contributed by atoms with Crippen molar-refractivity contribution < 1.29 is 4.79 Å². The number of likely N-dealkylation sites (N-methyl/N-ethyl adjacent to an activating group) is 1. The fourth-order valence-electron chi connectivity index (χ4n) is 0.607. The molecule has 0 aliphatic rings. The van der Waals surface area contributed by atoms with Crippen LogP contribution in [0.3, 0.4) is 0 Å². The molecule has 0 aromatic heterocycles. The minimum absolute atomic E-state index is 0.121. The summed E-state index contributed by atoms with van der Waals surface area (Å²) in [4.78, 5) is 12.7. The van der Waals surface area contributed by atoms with Crippen LogP contribution in [0.4, 0.5) is 0 Å². The SMILES string of the molecule is CC(C#N)NC(=O)CN(C)C. The lowest BCUT2D eigenvalue weighted by molar-refractivity contribution is -0.121. The molecule has 0 rings (SSSR count). The standard InChI is InChI=1S/C7H13N3O/c1-6(4-8)9-7(11)5-10(2)3/h6H,5H2,1-3H3,(H,9,11). The van der Waals surface area contributed by atoms with Crippen molar-refractivity contribution in [2.75, 3.05) is 20.6 Å². The van der Waals surface area contributed by atoms with Gasteiger partial charge in [0.25, 0.3) is 0 Å². The van der Waals surface area contributed by atoms with Gasteiger partial charge in [-0.3, -0.25) is 4.79 Å². The number of nitrogens with one attached hydrogen (secondary N) is 1. The highest BCUT2D eigenvalue weighted by molar-refractivity contribution is 5.78. The summed E-state index contributed by atoms with van der Waals surface area (Å²) >= 11 is 0. The van der Waals surface area contributed by atoms with Gasteiger partial charge in [0.05, 0.1) is 12.6 Å². The third kappa shape index (κ3) is 5.37. The Bertz CT molecular complexity index is 171. The Hall–Kier alpha value is -1.08. The van der Waals surface area contributed by atoms with Crippen molar-refractivity contribution >= 4 is 5.91 Å². The molecule has 1 N–H and O–H groups in total. The van der Waals surface area contributed by atoms with Crippen LogP contribution in [0.15, 0.2) is 0 Å². The topological polar surface area (TPSA) is 56.1 Å². The second-order valence-corrected chi connectivity index (χ2v) is 2.66. The molecule has 11 heavy (non-hydrogen) atoms. The Kier molecular flexibility index (Phi) is 4.23. The van der Waals surface area contributed by atoms with Crippen LogP contribution < -0.4 is 5.32 Å². The maximum absolute atomic E-state index is 10.9. The first-order chi connectivity index (χ1) is 5.06. The van der Waals surface area contributed by atoms with Crippen LogP contribution >= 0.6 is 0 Å². The summed E-state index contributed by atoms with van der Waals surface area (Å²) < 4.78 is 0. The molecular weight excluding hydrogens is 142 g/mol. The highest BCUT2D eigenvalue weighted by Gasteiger charge is 2.05. The minimum Gasteiger partial charge on any atom is -0.340 e. The monoisotopic (exact) mass is 155 g/mol. The normalized spacial score (nSPS) is 12.3. The number of rotatable bonds is 3. The lowest BCUT2D eigenvalue weighted by atomic mass is 10.4. The molecule has 4 nitrogen and oxygen atoms in total. The Morgan fingerprint density at radius 2 is 2.27 bits per heavy atom. The van der Waals surface area contributed by atoms with E-state index in [2.05, 4.69) is 5.32 Å². The van der Waals surface area contributed by atoms with Gasteiger partial charge in [0.1, 0.15) is 6.04 Å².